The van der Waals surface area contributed by atoms with Gasteiger partial charge in [0.2, 0.25) is 5.16 Å². The number of aromatic hydroxyl groups is 1. The van der Waals surface area contributed by atoms with Crippen molar-refractivity contribution in [2.24, 2.45) is 0 Å². The number of hydrogen-bond acceptors (Lipinski definition) is 8. The number of phenolic OH excluding ortho intramolecular Hbond substituents is 1. The normalized spacial score (nSPS) is 11.9. The summed E-state index contributed by atoms with van der Waals surface area (Å²) in [7, 11) is 1.61. The van der Waals surface area contributed by atoms with Crippen molar-refractivity contribution in [2.75, 3.05) is 20.3 Å². The van der Waals surface area contributed by atoms with Gasteiger partial charge in [0.25, 0.3) is 5.91 Å². The zero-order chi connectivity index (χ0) is 35.2. The molecule has 0 atom stereocenters. The molecule has 0 radical (unpaired) electrons. The number of ether oxygens (including phenoxy) is 2. The molecule has 0 aliphatic heterocycles. The first-order valence-electron chi connectivity index (χ1n) is 16.9. The molecule has 4 aromatic carbocycles. The Bertz CT molecular complexity index is 1900. The monoisotopic (exact) mass is 681 g/mol. The summed E-state index contributed by atoms with van der Waals surface area (Å²) in [4.78, 5) is 14.2. The molecular weight excluding hydrogens is 635 g/mol. The maximum Gasteiger partial charge on any atom is 0.255 e. The van der Waals surface area contributed by atoms with Crippen LogP contribution in [0.25, 0.3) is 16.5 Å². The summed E-state index contributed by atoms with van der Waals surface area (Å²) in [6, 6.07) is 23.2. The van der Waals surface area contributed by atoms with E-state index in [4.69, 9.17) is 9.47 Å². The number of carbonyl (C=O) groups is 1. The molecular formula is C39H47N5O4S. The number of amides is 1. The number of nitrogens with one attached hydrogen (secondary N) is 1. The summed E-state index contributed by atoms with van der Waals surface area (Å²) in [5.74, 6) is 1.25. The molecule has 10 heteroatoms. The van der Waals surface area contributed by atoms with Gasteiger partial charge in [0.1, 0.15) is 17.2 Å². The van der Waals surface area contributed by atoms with E-state index in [1.807, 2.05) is 42.5 Å². The van der Waals surface area contributed by atoms with Crippen molar-refractivity contribution in [3.63, 3.8) is 0 Å². The van der Waals surface area contributed by atoms with E-state index in [9.17, 15) is 9.90 Å². The summed E-state index contributed by atoms with van der Waals surface area (Å²) in [5.41, 5.74) is 3.62. The minimum atomic E-state index is -0.345. The van der Waals surface area contributed by atoms with Gasteiger partial charge < -0.3 is 19.9 Å². The Morgan fingerprint density at radius 2 is 1.63 bits per heavy atom. The van der Waals surface area contributed by atoms with Crippen LogP contribution < -0.4 is 14.8 Å². The summed E-state index contributed by atoms with van der Waals surface area (Å²) in [6.07, 6.45) is 3.57. The summed E-state index contributed by atoms with van der Waals surface area (Å²) in [6.45, 7) is 14.5. The van der Waals surface area contributed by atoms with Crippen molar-refractivity contribution < 1.29 is 19.4 Å². The fourth-order valence-corrected chi connectivity index (χ4v) is 6.48. The number of phenols is 1. The van der Waals surface area contributed by atoms with Crippen LogP contribution in [0.3, 0.4) is 0 Å². The van der Waals surface area contributed by atoms with Gasteiger partial charge in [0, 0.05) is 22.4 Å². The van der Waals surface area contributed by atoms with Crippen LogP contribution in [-0.2, 0) is 10.8 Å². The Hall–Kier alpha value is -4.57. The zero-order valence-corrected chi connectivity index (χ0v) is 30.4. The second-order valence-corrected chi connectivity index (χ2v) is 14.5. The number of aromatic nitrogens is 4. The predicted octanol–water partition coefficient (Wildman–Crippen LogP) is 8.65. The number of rotatable bonds is 15. The molecule has 0 bridgehead atoms. The molecule has 49 heavy (non-hydrogen) atoms. The molecule has 0 aliphatic carbocycles. The molecule has 0 fully saturated rings. The van der Waals surface area contributed by atoms with Gasteiger partial charge in [-0.3, -0.25) is 4.79 Å². The molecule has 5 aromatic rings. The first-order chi connectivity index (χ1) is 23.5. The van der Waals surface area contributed by atoms with Gasteiger partial charge in [0.15, 0.2) is 0 Å². The fraction of sp³-hybridized carbons (Fsp3) is 0.385. The average molecular weight is 682 g/mol. The van der Waals surface area contributed by atoms with E-state index in [0.717, 1.165) is 53.2 Å². The Labute approximate surface area is 293 Å². The lowest BCUT2D eigenvalue weighted by molar-refractivity contribution is 0.0949. The van der Waals surface area contributed by atoms with Gasteiger partial charge in [-0.05, 0) is 106 Å². The third kappa shape index (κ3) is 8.02. The van der Waals surface area contributed by atoms with Crippen molar-refractivity contribution in [3.8, 4) is 22.9 Å². The first-order valence-corrected chi connectivity index (χ1v) is 17.7. The van der Waals surface area contributed by atoms with Crippen LogP contribution in [0.4, 0.5) is 0 Å². The zero-order valence-electron chi connectivity index (χ0n) is 29.5. The minimum Gasteiger partial charge on any atom is -0.506 e. The molecule has 1 aromatic heterocycles. The molecule has 1 amide bonds. The molecule has 9 nitrogen and oxygen atoms in total. The van der Waals surface area contributed by atoms with E-state index in [1.54, 1.807) is 23.9 Å². The number of unbranched alkanes of at least 4 members (excludes halogenated alkanes) is 1. The van der Waals surface area contributed by atoms with E-state index in [2.05, 4.69) is 80.6 Å². The number of tetrazole rings is 1. The maximum absolute atomic E-state index is 13.4. The lowest BCUT2D eigenvalue weighted by Crippen LogP contribution is -2.25. The second-order valence-electron chi connectivity index (χ2n) is 13.5. The Morgan fingerprint density at radius 1 is 0.918 bits per heavy atom. The Morgan fingerprint density at radius 3 is 2.33 bits per heavy atom. The molecule has 258 valence electrons. The highest BCUT2D eigenvalue weighted by molar-refractivity contribution is 7.99. The minimum absolute atomic E-state index is 0.00992. The standard InChI is InChI=1S/C39H47N5O4S/c1-8-38(3,4)26-16-21-33(32(24-26)39(5,6)9-2)48-23-13-12-22-40-36(46)31-25-34(29-14-10-11-15-30(29)35(31)45)49-37-41-42-43-44(37)27-17-19-28(47-7)20-18-27/h10-11,14-21,24-25,45H,8-9,12-13,22-23H2,1-7H3,(H,40,46). The highest BCUT2D eigenvalue weighted by Gasteiger charge is 2.27. The van der Waals surface area contributed by atoms with E-state index in [-0.39, 0.29) is 28.1 Å². The molecule has 0 aliphatic rings. The lowest BCUT2D eigenvalue weighted by atomic mass is 9.76. The van der Waals surface area contributed by atoms with Gasteiger partial charge >= 0.3 is 0 Å². The van der Waals surface area contributed by atoms with Crippen molar-refractivity contribution >= 4 is 28.4 Å². The molecule has 2 N–H and O–H groups in total. The van der Waals surface area contributed by atoms with Crippen molar-refractivity contribution in [1.29, 1.82) is 0 Å². The average Bonchev–Trinajstić information content (AvgIpc) is 3.58. The molecule has 1 heterocycles. The molecule has 5 rings (SSSR count). The smallest absolute Gasteiger partial charge is 0.255 e. The van der Waals surface area contributed by atoms with Gasteiger partial charge in [-0.15, -0.1) is 5.10 Å². The van der Waals surface area contributed by atoms with Crippen molar-refractivity contribution in [2.45, 2.75) is 88.1 Å². The highest BCUT2D eigenvalue weighted by atomic mass is 32.2. The van der Waals surface area contributed by atoms with Gasteiger partial charge in [-0.1, -0.05) is 77.9 Å². The van der Waals surface area contributed by atoms with Gasteiger partial charge in [0.05, 0.1) is 25.0 Å². The summed E-state index contributed by atoms with van der Waals surface area (Å²) >= 11 is 1.32. The van der Waals surface area contributed by atoms with Gasteiger partial charge in [-0.25, -0.2) is 0 Å². The quantitative estimate of drug-likeness (QED) is 0.106. The molecule has 0 saturated carbocycles. The number of carbonyl (C=O) groups excluding carboxylic acids is 1. The van der Waals surface area contributed by atoms with E-state index >= 15 is 0 Å². The van der Waals surface area contributed by atoms with Crippen LogP contribution in [0.5, 0.6) is 17.2 Å². The van der Waals surface area contributed by atoms with Crippen LogP contribution in [-0.4, -0.2) is 51.5 Å². The Kier molecular flexibility index (Phi) is 11.2. The fourth-order valence-electron chi connectivity index (χ4n) is 5.52. The number of methoxy groups -OCH3 is 1. The summed E-state index contributed by atoms with van der Waals surface area (Å²) < 4.78 is 13.2. The van der Waals surface area contributed by atoms with Crippen molar-refractivity contribution in [1.82, 2.24) is 25.5 Å². The number of hydrogen-bond donors (Lipinski definition) is 2. The maximum atomic E-state index is 13.4. The largest absolute Gasteiger partial charge is 0.506 e. The van der Waals surface area contributed by atoms with Crippen LogP contribution >= 0.6 is 11.8 Å². The molecule has 0 unspecified atom stereocenters. The van der Waals surface area contributed by atoms with Crippen LogP contribution in [0.15, 0.2) is 82.8 Å². The molecule has 0 saturated heterocycles. The number of benzene rings is 4. The van der Waals surface area contributed by atoms with E-state index < -0.39 is 0 Å². The number of nitrogens with zero attached hydrogens (tertiary/aromatic N) is 4. The topological polar surface area (TPSA) is 111 Å². The molecule has 0 spiro atoms. The predicted molar refractivity (Wildman–Crippen MR) is 196 cm³/mol. The Balaban J connectivity index is 1.25. The highest BCUT2D eigenvalue weighted by Crippen LogP contribution is 2.40. The van der Waals surface area contributed by atoms with Crippen LogP contribution in [0, 0.1) is 0 Å². The summed E-state index contributed by atoms with van der Waals surface area (Å²) in [5, 5.41) is 28.3. The van der Waals surface area contributed by atoms with Crippen LogP contribution in [0.1, 0.15) is 88.7 Å². The number of fused-ring (bicyclic) bond motifs is 1. The second kappa shape index (κ2) is 15.3. The lowest BCUT2D eigenvalue weighted by Gasteiger charge is -2.30. The third-order valence-electron chi connectivity index (χ3n) is 9.55. The van der Waals surface area contributed by atoms with Gasteiger partial charge in [-0.2, -0.15) is 4.68 Å². The third-order valence-corrected chi connectivity index (χ3v) is 10.5. The first kappa shape index (κ1) is 35.7. The van der Waals surface area contributed by atoms with E-state index in [0.29, 0.717) is 23.7 Å². The van der Waals surface area contributed by atoms with Crippen molar-refractivity contribution in [3.05, 3.63) is 89.5 Å². The SMILES string of the molecule is CCC(C)(C)c1ccc(OCCCCNC(=O)c2cc(Sc3nnnn3-c3ccc(OC)cc3)c3ccccc3c2O)c(C(C)(C)CC)c1. The van der Waals surface area contributed by atoms with E-state index in [1.165, 1.54) is 22.9 Å². The van der Waals surface area contributed by atoms with Crippen LogP contribution in [0.2, 0.25) is 0 Å².